The maximum Gasteiger partial charge on any atom is 0.127 e. The highest BCUT2D eigenvalue weighted by molar-refractivity contribution is 5.83. The first-order valence-corrected chi connectivity index (χ1v) is 9.27. The molecule has 1 aromatic heterocycles. The summed E-state index contributed by atoms with van der Waals surface area (Å²) < 4.78 is 20.0. The van der Waals surface area contributed by atoms with E-state index in [9.17, 15) is 4.39 Å². The fourth-order valence-electron chi connectivity index (χ4n) is 3.73. The fraction of sp³-hybridized carbons (Fsp3) is 0.381. The van der Waals surface area contributed by atoms with Gasteiger partial charge in [-0.05, 0) is 50.8 Å². The maximum absolute atomic E-state index is 13.7. The van der Waals surface area contributed by atoms with E-state index in [0.717, 1.165) is 53.5 Å². The van der Waals surface area contributed by atoms with Gasteiger partial charge in [0.05, 0.1) is 17.8 Å². The summed E-state index contributed by atoms with van der Waals surface area (Å²) in [6.45, 7) is 2.66. The van der Waals surface area contributed by atoms with Crippen molar-refractivity contribution in [2.24, 2.45) is 0 Å². The van der Waals surface area contributed by atoms with E-state index in [-0.39, 0.29) is 11.9 Å². The van der Waals surface area contributed by atoms with Gasteiger partial charge in [0.1, 0.15) is 11.6 Å². The number of nitrogens with zero attached hydrogens (tertiary/aromatic N) is 1. The highest BCUT2D eigenvalue weighted by Gasteiger charge is 2.23. The van der Waals surface area contributed by atoms with Crippen LogP contribution >= 0.6 is 0 Å². The monoisotopic (exact) mass is 353 g/mol. The first-order valence-electron chi connectivity index (χ1n) is 9.27. The molecular weight excluding hydrogens is 329 g/mol. The van der Waals surface area contributed by atoms with Gasteiger partial charge < -0.3 is 10.1 Å². The Morgan fingerprint density at radius 3 is 2.77 bits per heavy atom. The molecule has 0 spiro atoms. The number of aromatic amines is 1. The lowest BCUT2D eigenvalue weighted by atomic mass is 9.92. The normalized spacial score (nSPS) is 20.4. The van der Waals surface area contributed by atoms with Crippen molar-refractivity contribution < 1.29 is 9.13 Å². The number of H-pyrrole nitrogens is 1. The van der Waals surface area contributed by atoms with Crippen molar-refractivity contribution in [2.75, 3.05) is 0 Å². The van der Waals surface area contributed by atoms with E-state index in [4.69, 9.17) is 4.74 Å². The molecule has 1 fully saturated rings. The van der Waals surface area contributed by atoms with Gasteiger partial charge in [-0.15, -0.1) is 0 Å². The average Bonchev–Trinajstić information content (AvgIpc) is 3.14. The standard InChI is InChI=1S/C21H24FN3O/c1-14-18-13-24-25-20(18)10-11-21(14)26-17-8-6-16(7-9-17)23-12-15-4-2-3-5-19(15)22/h2-5,10-11,13,16-17,23H,6-9,12H2,1H3,(H,24,25)/t16-,17+. The molecule has 4 nitrogen and oxygen atoms in total. The second-order valence-corrected chi connectivity index (χ2v) is 7.08. The zero-order valence-corrected chi connectivity index (χ0v) is 15.0. The van der Waals surface area contributed by atoms with E-state index in [2.05, 4.69) is 22.4 Å². The molecule has 2 aromatic carbocycles. The molecule has 0 atom stereocenters. The molecule has 1 heterocycles. The zero-order chi connectivity index (χ0) is 17.9. The largest absolute Gasteiger partial charge is 0.490 e. The predicted molar refractivity (Wildman–Crippen MR) is 101 cm³/mol. The third-order valence-electron chi connectivity index (χ3n) is 5.35. The molecule has 1 aliphatic carbocycles. The average molecular weight is 353 g/mol. The molecule has 0 saturated heterocycles. The number of benzene rings is 2. The molecule has 3 aromatic rings. The molecule has 2 N–H and O–H groups in total. The van der Waals surface area contributed by atoms with Crippen LogP contribution in [-0.2, 0) is 6.54 Å². The Balaban J connectivity index is 1.30. The lowest BCUT2D eigenvalue weighted by molar-refractivity contribution is 0.138. The lowest BCUT2D eigenvalue weighted by Crippen LogP contribution is -2.36. The molecular formula is C21H24FN3O. The highest BCUT2D eigenvalue weighted by Crippen LogP contribution is 2.30. The van der Waals surface area contributed by atoms with E-state index in [1.165, 1.54) is 6.07 Å². The lowest BCUT2D eigenvalue weighted by Gasteiger charge is -2.30. The summed E-state index contributed by atoms with van der Waals surface area (Å²) >= 11 is 0. The van der Waals surface area contributed by atoms with Crippen LogP contribution in [0.2, 0.25) is 0 Å². The molecule has 0 bridgehead atoms. The van der Waals surface area contributed by atoms with E-state index in [0.29, 0.717) is 12.6 Å². The van der Waals surface area contributed by atoms with Crippen molar-refractivity contribution in [3.05, 3.63) is 59.5 Å². The van der Waals surface area contributed by atoms with Gasteiger partial charge in [-0.3, -0.25) is 5.10 Å². The zero-order valence-electron chi connectivity index (χ0n) is 15.0. The van der Waals surface area contributed by atoms with Crippen LogP contribution in [0.25, 0.3) is 10.9 Å². The maximum atomic E-state index is 13.7. The van der Waals surface area contributed by atoms with Crippen LogP contribution in [0.3, 0.4) is 0 Å². The number of nitrogens with one attached hydrogen (secondary N) is 2. The van der Waals surface area contributed by atoms with Crippen molar-refractivity contribution in [1.82, 2.24) is 15.5 Å². The molecule has 0 radical (unpaired) electrons. The van der Waals surface area contributed by atoms with Gasteiger partial charge in [-0.25, -0.2) is 4.39 Å². The smallest absolute Gasteiger partial charge is 0.127 e. The SMILES string of the molecule is Cc1c(O[C@H]2CC[C@@H](NCc3ccccc3F)CC2)ccc2[nH]ncc12. The Labute approximate surface area is 152 Å². The van der Waals surface area contributed by atoms with E-state index in [1.54, 1.807) is 6.07 Å². The Kier molecular flexibility index (Phi) is 4.89. The van der Waals surface area contributed by atoms with Gasteiger partial charge in [-0.2, -0.15) is 5.10 Å². The predicted octanol–water partition coefficient (Wildman–Crippen LogP) is 4.49. The Morgan fingerprint density at radius 1 is 1.15 bits per heavy atom. The van der Waals surface area contributed by atoms with Gasteiger partial charge in [0.25, 0.3) is 0 Å². The summed E-state index contributed by atoms with van der Waals surface area (Å²) in [5, 5.41) is 11.7. The second kappa shape index (κ2) is 7.46. The number of ether oxygens (including phenoxy) is 1. The van der Waals surface area contributed by atoms with Crippen molar-refractivity contribution in [1.29, 1.82) is 0 Å². The molecule has 0 unspecified atom stereocenters. The van der Waals surface area contributed by atoms with E-state index >= 15 is 0 Å². The third kappa shape index (κ3) is 3.58. The van der Waals surface area contributed by atoms with Crippen molar-refractivity contribution >= 4 is 10.9 Å². The Hall–Kier alpha value is -2.40. The summed E-state index contributed by atoms with van der Waals surface area (Å²) in [6, 6.07) is 11.4. The summed E-state index contributed by atoms with van der Waals surface area (Å²) in [4.78, 5) is 0. The Bertz CT molecular complexity index is 884. The summed E-state index contributed by atoms with van der Waals surface area (Å²) in [7, 11) is 0. The third-order valence-corrected chi connectivity index (χ3v) is 5.35. The number of aromatic nitrogens is 2. The highest BCUT2D eigenvalue weighted by atomic mass is 19.1. The molecule has 136 valence electrons. The van der Waals surface area contributed by atoms with Gasteiger partial charge in [0.15, 0.2) is 0 Å². The minimum Gasteiger partial charge on any atom is -0.490 e. The topological polar surface area (TPSA) is 49.9 Å². The van der Waals surface area contributed by atoms with E-state index < -0.39 is 0 Å². The summed E-state index contributed by atoms with van der Waals surface area (Å²) in [5.74, 6) is 0.809. The van der Waals surface area contributed by atoms with E-state index in [1.807, 2.05) is 30.5 Å². The van der Waals surface area contributed by atoms with Crippen LogP contribution in [0.4, 0.5) is 4.39 Å². The molecule has 5 heteroatoms. The summed E-state index contributed by atoms with van der Waals surface area (Å²) in [6.07, 6.45) is 6.21. The second-order valence-electron chi connectivity index (χ2n) is 7.08. The Morgan fingerprint density at radius 2 is 1.96 bits per heavy atom. The number of halogens is 1. The van der Waals surface area contributed by atoms with Gasteiger partial charge >= 0.3 is 0 Å². The van der Waals surface area contributed by atoms with Gasteiger partial charge in [0, 0.05) is 29.1 Å². The van der Waals surface area contributed by atoms with Crippen molar-refractivity contribution in [2.45, 2.75) is 51.3 Å². The molecule has 4 rings (SSSR count). The van der Waals surface area contributed by atoms with Crippen LogP contribution in [0.1, 0.15) is 36.8 Å². The summed E-state index contributed by atoms with van der Waals surface area (Å²) in [5.41, 5.74) is 2.90. The van der Waals surface area contributed by atoms with Crippen molar-refractivity contribution in [3.8, 4) is 5.75 Å². The number of fused-ring (bicyclic) bond motifs is 1. The fourth-order valence-corrected chi connectivity index (χ4v) is 3.73. The number of hydrogen-bond acceptors (Lipinski definition) is 3. The molecule has 0 amide bonds. The minimum absolute atomic E-state index is 0.137. The van der Waals surface area contributed by atoms with Crippen LogP contribution in [0, 0.1) is 12.7 Å². The van der Waals surface area contributed by atoms with Crippen molar-refractivity contribution in [3.63, 3.8) is 0 Å². The quantitative estimate of drug-likeness (QED) is 0.710. The van der Waals surface area contributed by atoms with Crippen LogP contribution < -0.4 is 10.1 Å². The van der Waals surface area contributed by atoms with Gasteiger partial charge in [0.2, 0.25) is 0 Å². The molecule has 0 aliphatic heterocycles. The first kappa shape index (κ1) is 17.0. The van der Waals surface area contributed by atoms with Crippen LogP contribution in [0.5, 0.6) is 5.75 Å². The molecule has 26 heavy (non-hydrogen) atoms. The first-order chi connectivity index (χ1) is 12.7. The van der Waals surface area contributed by atoms with Crippen LogP contribution in [-0.4, -0.2) is 22.3 Å². The number of rotatable bonds is 5. The number of aryl methyl sites for hydroxylation is 1. The minimum atomic E-state index is -0.137. The molecule has 1 aliphatic rings. The van der Waals surface area contributed by atoms with Crippen LogP contribution in [0.15, 0.2) is 42.6 Å². The van der Waals surface area contributed by atoms with Gasteiger partial charge in [-0.1, -0.05) is 18.2 Å². The molecule has 1 saturated carbocycles. The number of hydrogen-bond donors (Lipinski definition) is 2.